The van der Waals surface area contributed by atoms with E-state index in [1.807, 2.05) is 24.3 Å². The van der Waals surface area contributed by atoms with Crippen LogP contribution in [0.3, 0.4) is 0 Å². The number of nitrogens with zero attached hydrogens (tertiary/aromatic N) is 1. The van der Waals surface area contributed by atoms with Crippen molar-refractivity contribution >= 4 is 0 Å². The number of nitrogens with one attached hydrogen (secondary N) is 1. The van der Waals surface area contributed by atoms with Crippen LogP contribution in [-0.4, -0.2) is 22.8 Å². The largest absolute Gasteiger partial charge is 0.490 e. The molecule has 0 aromatic heterocycles. The molecule has 4 nitrogen and oxygen atoms in total. The molecular weight excluding hydrogens is 264 g/mol. The third kappa shape index (κ3) is 3.55. The maximum absolute atomic E-state index is 9.58. The van der Waals surface area contributed by atoms with E-state index >= 15 is 0 Å². The molecule has 2 aliphatic rings. The predicted molar refractivity (Wildman–Crippen MR) is 79.8 cm³/mol. The van der Waals surface area contributed by atoms with Crippen LogP contribution >= 0.6 is 0 Å². The molecule has 2 atom stereocenters. The van der Waals surface area contributed by atoms with Crippen LogP contribution < -0.4 is 10.1 Å². The summed E-state index contributed by atoms with van der Waals surface area (Å²) in [5.41, 5.74) is 0.435. The second-order valence-corrected chi connectivity index (χ2v) is 6.25. The molecule has 0 aliphatic heterocycles. The quantitative estimate of drug-likeness (QED) is 0.873. The molecule has 2 aliphatic carbocycles. The van der Waals surface area contributed by atoms with Crippen molar-refractivity contribution in [3.63, 3.8) is 0 Å². The minimum atomic E-state index is -0.418. The van der Waals surface area contributed by atoms with Gasteiger partial charge in [-0.2, -0.15) is 5.26 Å². The highest BCUT2D eigenvalue weighted by Crippen LogP contribution is 2.34. The highest BCUT2D eigenvalue weighted by Gasteiger charge is 2.41. The van der Waals surface area contributed by atoms with Crippen LogP contribution in [-0.2, 0) is 6.61 Å². The molecule has 1 aromatic carbocycles. The summed E-state index contributed by atoms with van der Waals surface area (Å²) < 4.78 is 6.05. The van der Waals surface area contributed by atoms with E-state index < -0.39 is 5.54 Å². The standard InChI is InChI=1S/C17H22N2O2/c18-12-17(19-14-6-7-14)8-2-5-16(10-17)21-15-4-1-3-13(9-15)11-20/h1,3-4,9,14,16,19-20H,2,5-8,10-11H2. The Morgan fingerprint density at radius 2 is 2.24 bits per heavy atom. The number of rotatable bonds is 5. The van der Waals surface area contributed by atoms with Crippen LogP contribution in [0.4, 0.5) is 0 Å². The minimum absolute atomic E-state index is 0.0211. The molecule has 2 unspecified atom stereocenters. The molecule has 2 saturated carbocycles. The number of hydrogen-bond donors (Lipinski definition) is 2. The van der Waals surface area contributed by atoms with Crippen molar-refractivity contribution in [1.29, 1.82) is 5.26 Å². The summed E-state index contributed by atoms with van der Waals surface area (Å²) in [5.74, 6) is 0.784. The molecule has 2 N–H and O–H groups in total. The lowest BCUT2D eigenvalue weighted by Gasteiger charge is -2.36. The Morgan fingerprint density at radius 3 is 2.95 bits per heavy atom. The van der Waals surface area contributed by atoms with Crippen LogP contribution in [0.1, 0.15) is 44.1 Å². The molecule has 3 rings (SSSR count). The second kappa shape index (κ2) is 6.05. The van der Waals surface area contributed by atoms with Crippen LogP contribution in [0, 0.1) is 11.3 Å². The third-order valence-electron chi connectivity index (χ3n) is 4.36. The minimum Gasteiger partial charge on any atom is -0.490 e. The number of aliphatic hydroxyl groups excluding tert-OH is 1. The Hall–Kier alpha value is -1.57. The molecule has 112 valence electrons. The molecule has 0 heterocycles. The summed E-state index contributed by atoms with van der Waals surface area (Å²) in [6, 6.07) is 10.6. The first-order valence-electron chi connectivity index (χ1n) is 7.78. The summed E-state index contributed by atoms with van der Waals surface area (Å²) in [5, 5.41) is 22.3. The number of nitriles is 1. The van der Waals surface area contributed by atoms with Gasteiger partial charge in [0.25, 0.3) is 0 Å². The smallest absolute Gasteiger partial charge is 0.120 e. The molecule has 0 radical (unpaired) electrons. The summed E-state index contributed by atoms with van der Waals surface area (Å²) in [6.45, 7) is 0.0211. The number of hydrogen-bond acceptors (Lipinski definition) is 4. The van der Waals surface area contributed by atoms with Gasteiger partial charge in [-0.05, 0) is 49.8 Å². The van der Waals surface area contributed by atoms with E-state index in [1.165, 1.54) is 12.8 Å². The van der Waals surface area contributed by atoms with Crippen molar-refractivity contribution in [1.82, 2.24) is 5.32 Å². The van der Waals surface area contributed by atoms with E-state index in [0.717, 1.165) is 37.0 Å². The second-order valence-electron chi connectivity index (χ2n) is 6.25. The lowest BCUT2D eigenvalue weighted by molar-refractivity contribution is 0.111. The monoisotopic (exact) mass is 286 g/mol. The van der Waals surface area contributed by atoms with Crippen molar-refractivity contribution < 1.29 is 9.84 Å². The van der Waals surface area contributed by atoms with Gasteiger partial charge in [-0.15, -0.1) is 0 Å². The van der Waals surface area contributed by atoms with E-state index in [0.29, 0.717) is 6.04 Å². The van der Waals surface area contributed by atoms with E-state index in [1.54, 1.807) is 0 Å². The van der Waals surface area contributed by atoms with Crippen LogP contribution in [0.5, 0.6) is 5.75 Å². The molecule has 0 amide bonds. The van der Waals surface area contributed by atoms with E-state index in [2.05, 4.69) is 11.4 Å². The van der Waals surface area contributed by atoms with Gasteiger partial charge in [0, 0.05) is 12.5 Å². The fourth-order valence-electron chi connectivity index (χ4n) is 3.12. The Labute approximate surface area is 125 Å². The van der Waals surface area contributed by atoms with Gasteiger partial charge in [0.2, 0.25) is 0 Å². The Kier molecular flexibility index (Phi) is 4.14. The molecule has 2 fully saturated rings. The summed E-state index contributed by atoms with van der Waals surface area (Å²) >= 11 is 0. The molecule has 0 bridgehead atoms. The first kappa shape index (κ1) is 14.4. The fraction of sp³-hybridized carbons (Fsp3) is 0.588. The first-order chi connectivity index (χ1) is 10.2. The zero-order chi connectivity index (χ0) is 14.7. The molecule has 21 heavy (non-hydrogen) atoms. The van der Waals surface area contributed by atoms with Crippen molar-refractivity contribution in [3.8, 4) is 11.8 Å². The number of aliphatic hydroxyl groups is 1. The molecule has 0 spiro atoms. The SMILES string of the molecule is N#CC1(NC2CC2)CCCC(Oc2cccc(CO)c2)C1. The van der Waals surface area contributed by atoms with Crippen molar-refractivity contribution in [2.45, 2.75) is 62.8 Å². The zero-order valence-corrected chi connectivity index (χ0v) is 12.2. The van der Waals surface area contributed by atoms with Gasteiger partial charge in [0.15, 0.2) is 0 Å². The van der Waals surface area contributed by atoms with Crippen LogP contribution in [0.2, 0.25) is 0 Å². The van der Waals surface area contributed by atoms with Gasteiger partial charge >= 0.3 is 0 Å². The van der Waals surface area contributed by atoms with E-state index in [4.69, 9.17) is 4.74 Å². The molecule has 4 heteroatoms. The maximum Gasteiger partial charge on any atom is 0.120 e. The maximum atomic E-state index is 9.58. The lowest BCUT2D eigenvalue weighted by Crippen LogP contribution is -2.50. The summed E-state index contributed by atoms with van der Waals surface area (Å²) in [6.07, 6.45) is 6.09. The van der Waals surface area contributed by atoms with Gasteiger partial charge in [0.1, 0.15) is 17.4 Å². The van der Waals surface area contributed by atoms with Crippen molar-refractivity contribution in [2.24, 2.45) is 0 Å². The number of benzene rings is 1. The molecule has 0 saturated heterocycles. The lowest BCUT2D eigenvalue weighted by atomic mass is 9.81. The fourth-order valence-corrected chi connectivity index (χ4v) is 3.12. The Morgan fingerprint density at radius 1 is 1.38 bits per heavy atom. The highest BCUT2D eigenvalue weighted by atomic mass is 16.5. The topological polar surface area (TPSA) is 65.3 Å². The average molecular weight is 286 g/mol. The first-order valence-corrected chi connectivity index (χ1v) is 7.78. The third-order valence-corrected chi connectivity index (χ3v) is 4.36. The normalized spacial score (nSPS) is 28.9. The van der Waals surface area contributed by atoms with E-state index in [9.17, 15) is 10.4 Å². The van der Waals surface area contributed by atoms with Gasteiger partial charge in [-0.1, -0.05) is 12.1 Å². The highest BCUT2D eigenvalue weighted by molar-refractivity contribution is 5.28. The van der Waals surface area contributed by atoms with Gasteiger partial charge in [-0.25, -0.2) is 0 Å². The summed E-state index contributed by atoms with van der Waals surface area (Å²) in [4.78, 5) is 0. The van der Waals surface area contributed by atoms with Gasteiger partial charge < -0.3 is 9.84 Å². The average Bonchev–Trinajstić information content (AvgIpc) is 3.31. The predicted octanol–water partition coefficient (Wildman–Crippen LogP) is 2.51. The van der Waals surface area contributed by atoms with Crippen LogP contribution in [0.25, 0.3) is 0 Å². The summed E-state index contributed by atoms with van der Waals surface area (Å²) in [7, 11) is 0. The number of ether oxygens (including phenoxy) is 1. The van der Waals surface area contributed by atoms with Gasteiger partial charge in [0.05, 0.1) is 12.7 Å². The van der Waals surface area contributed by atoms with E-state index in [-0.39, 0.29) is 12.7 Å². The van der Waals surface area contributed by atoms with Crippen LogP contribution in [0.15, 0.2) is 24.3 Å². The Balaban J connectivity index is 1.66. The molecular formula is C17H22N2O2. The van der Waals surface area contributed by atoms with Crippen molar-refractivity contribution in [3.05, 3.63) is 29.8 Å². The molecule has 1 aromatic rings. The van der Waals surface area contributed by atoms with Gasteiger partial charge in [-0.3, -0.25) is 5.32 Å². The van der Waals surface area contributed by atoms with Crippen molar-refractivity contribution in [2.75, 3.05) is 0 Å². The Bertz CT molecular complexity index is 536. The zero-order valence-electron chi connectivity index (χ0n) is 12.2.